The number of carbonyl (C=O) groups excluding carboxylic acids is 1. The van der Waals surface area contributed by atoms with E-state index in [-0.39, 0.29) is 29.9 Å². The standard InChI is InChI=1S/C21H34N4O.HI/c1-4-22-21(23-13-5-7-17(2)3)24-15-18-9-11-19(12-10-18)16-25-14-6-8-20(25)26;/h9-12,17H,4-8,13-16H2,1-3H3,(H2,22,23,24);1H. The molecule has 0 spiro atoms. The van der Waals surface area contributed by atoms with E-state index in [4.69, 9.17) is 0 Å². The predicted molar refractivity (Wildman–Crippen MR) is 123 cm³/mol. The molecule has 0 aliphatic carbocycles. The monoisotopic (exact) mass is 486 g/mol. The summed E-state index contributed by atoms with van der Waals surface area (Å²) in [5.41, 5.74) is 2.37. The topological polar surface area (TPSA) is 56.7 Å². The molecule has 1 heterocycles. The molecular weight excluding hydrogens is 451 g/mol. The third-order valence-corrected chi connectivity index (χ3v) is 4.58. The van der Waals surface area contributed by atoms with Crippen LogP contribution in [0.2, 0.25) is 0 Å². The minimum Gasteiger partial charge on any atom is -0.357 e. The van der Waals surface area contributed by atoms with E-state index >= 15 is 0 Å². The van der Waals surface area contributed by atoms with Crippen LogP contribution in [-0.4, -0.2) is 36.4 Å². The van der Waals surface area contributed by atoms with Gasteiger partial charge in [-0.15, -0.1) is 24.0 Å². The van der Waals surface area contributed by atoms with Crippen LogP contribution < -0.4 is 10.6 Å². The second-order valence-corrected chi connectivity index (χ2v) is 7.39. The van der Waals surface area contributed by atoms with E-state index in [1.54, 1.807) is 0 Å². The number of amides is 1. The van der Waals surface area contributed by atoms with E-state index in [0.29, 0.717) is 13.0 Å². The summed E-state index contributed by atoms with van der Waals surface area (Å²) in [6.45, 7) is 10.7. The SMILES string of the molecule is CCNC(=NCc1ccc(CN2CCCC2=O)cc1)NCCCC(C)C.I. The van der Waals surface area contributed by atoms with Crippen LogP contribution in [-0.2, 0) is 17.9 Å². The number of hydrogen-bond acceptors (Lipinski definition) is 2. The van der Waals surface area contributed by atoms with E-state index in [1.165, 1.54) is 17.5 Å². The molecule has 1 saturated heterocycles. The molecule has 1 aliphatic rings. The van der Waals surface area contributed by atoms with Gasteiger partial charge in [-0.25, -0.2) is 4.99 Å². The van der Waals surface area contributed by atoms with Crippen molar-refractivity contribution >= 4 is 35.8 Å². The zero-order chi connectivity index (χ0) is 18.8. The fraction of sp³-hybridized carbons (Fsp3) is 0.619. The molecule has 0 bridgehead atoms. The van der Waals surface area contributed by atoms with Crippen LogP contribution in [0.25, 0.3) is 0 Å². The second kappa shape index (κ2) is 13.0. The van der Waals surface area contributed by atoms with Gasteiger partial charge in [0.15, 0.2) is 5.96 Å². The Hall–Kier alpha value is -1.31. The first-order valence-electron chi connectivity index (χ1n) is 9.96. The van der Waals surface area contributed by atoms with Gasteiger partial charge in [-0.3, -0.25) is 4.79 Å². The maximum atomic E-state index is 11.7. The van der Waals surface area contributed by atoms with Crippen LogP contribution in [0.15, 0.2) is 29.3 Å². The molecule has 1 aromatic carbocycles. The average molecular weight is 486 g/mol. The fourth-order valence-electron chi connectivity index (χ4n) is 3.07. The van der Waals surface area contributed by atoms with Crippen molar-refractivity contribution in [2.45, 2.75) is 59.5 Å². The van der Waals surface area contributed by atoms with Gasteiger partial charge in [0, 0.05) is 32.6 Å². The largest absolute Gasteiger partial charge is 0.357 e. The van der Waals surface area contributed by atoms with Gasteiger partial charge in [-0.2, -0.15) is 0 Å². The number of hydrogen-bond donors (Lipinski definition) is 2. The Morgan fingerprint density at radius 3 is 2.48 bits per heavy atom. The Labute approximate surface area is 181 Å². The van der Waals surface area contributed by atoms with Gasteiger partial charge in [0.2, 0.25) is 5.91 Å². The summed E-state index contributed by atoms with van der Waals surface area (Å²) in [7, 11) is 0. The van der Waals surface area contributed by atoms with Crippen molar-refractivity contribution in [2.24, 2.45) is 10.9 Å². The zero-order valence-corrected chi connectivity index (χ0v) is 19.3. The number of guanidine groups is 1. The highest BCUT2D eigenvalue weighted by molar-refractivity contribution is 14.0. The van der Waals surface area contributed by atoms with Crippen molar-refractivity contribution < 1.29 is 4.79 Å². The average Bonchev–Trinajstić information content (AvgIpc) is 3.02. The summed E-state index contributed by atoms with van der Waals surface area (Å²) in [6, 6.07) is 8.45. The Balaban J connectivity index is 0.00000364. The molecule has 27 heavy (non-hydrogen) atoms. The number of nitrogens with one attached hydrogen (secondary N) is 2. The maximum Gasteiger partial charge on any atom is 0.222 e. The van der Waals surface area contributed by atoms with Crippen molar-refractivity contribution in [3.8, 4) is 0 Å². The third kappa shape index (κ3) is 8.95. The number of rotatable bonds is 9. The number of benzene rings is 1. The van der Waals surface area contributed by atoms with Crippen molar-refractivity contribution in [3.63, 3.8) is 0 Å². The number of likely N-dealkylation sites (tertiary alicyclic amines) is 1. The highest BCUT2D eigenvalue weighted by Crippen LogP contribution is 2.15. The molecule has 6 heteroatoms. The molecule has 0 aromatic heterocycles. The molecule has 2 rings (SSSR count). The molecule has 0 atom stereocenters. The van der Waals surface area contributed by atoms with Gasteiger partial charge in [-0.1, -0.05) is 38.1 Å². The number of nitrogens with zero attached hydrogens (tertiary/aromatic N) is 2. The first-order chi connectivity index (χ1) is 12.6. The lowest BCUT2D eigenvalue weighted by Gasteiger charge is -2.15. The second-order valence-electron chi connectivity index (χ2n) is 7.39. The lowest BCUT2D eigenvalue weighted by molar-refractivity contribution is -0.128. The molecular formula is C21H35IN4O. The normalized spacial score (nSPS) is 14.4. The van der Waals surface area contributed by atoms with E-state index in [1.807, 2.05) is 4.90 Å². The van der Waals surface area contributed by atoms with Crippen molar-refractivity contribution in [1.82, 2.24) is 15.5 Å². The molecule has 1 amide bonds. The smallest absolute Gasteiger partial charge is 0.222 e. The highest BCUT2D eigenvalue weighted by atomic mass is 127. The Kier molecular flexibility index (Phi) is 11.4. The molecule has 152 valence electrons. The molecule has 0 radical (unpaired) electrons. The van der Waals surface area contributed by atoms with Gasteiger partial charge in [-0.05, 0) is 43.2 Å². The van der Waals surface area contributed by atoms with Crippen LogP contribution in [0.4, 0.5) is 0 Å². The quantitative estimate of drug-likeness (QED) is 0.241. The number of carbonyl (C=O) groups is 1. The first-order valence-corrected chi connectivity index (χ1v) is 9.96. The van der Waals surface area contributed by atoms with Gasteiger partial charge in [0.25, 0.3) is 0 Å². The van der Waals surface area contributed by atoms with E-state index in [2.05, 4.69) is 60.7 Å². The van der Waals surface area contributed by atoms with Crippen molar-refractivity contribution in [2.75, 3.05) is 19.6 Å². The molecule has 0 unspecified atom stereocenters. The van der Waals surface area contributed by atoms with Crippen LogP contribution in [0, 0.1) is 5.92 Å². The van der Waals surface area contributed by atoms with Crippen LogP contribution in [0.1, 0.15) is 57.6 Å². The third-order valence-electron chi connectivity index (χ3n) is 4.58. The van der Waals surface area contributed by atoms with Crippen LogP contribution >= 0.6 is 24.0 Å². The Morgan fingerprint density at radius 2 is 1.89 bits per heavy atom. The Morgan fingerprint density at radius 1 is 1.19 bits per heavy atom. The molecule has 1 aliphatic heterocycles. The summed E-state index contributed by atoms with van der Waals surface area (Å²) in [5.74, 6) is 1.89. The van der Waals surface area contributed by atoms with E-state index in [9.17, 15) is 4.79 Å². The summed E-state index contributed by atoms with van der Waals surface area (Å²) >= 11 is 0. The minimum atomic E-state index is 0. The maximum absolute atomic E-state index is 11.7. The lowest BCUT2D eigenvalue weighted by atomic mass is 10.1. The van der Waals surface area contributed by atoms with Crippen LogP contribution in [0.5, 0.6) is 0 Å². The van der Waals surface area contributed by atoms with E-state index in [0.717, 1.165) is 50.9 Å². The molecule has 0 saturated carbocycles. The van der Waals surface area contributed by atoms with E-state index < -0.39 is 0 Å². The number of halogens is 1. The van der Waals surface area contributed by atoms with Gasteiger partial charge >= 0.3 is 0 Å². The molecule has 1 aromatic rings. The summed E-state index contributed by atoms with van der Waals surface area (Å²) in [4.78, 5) is 18.3. The number of aliphatic imine (C=N–C) groups is 1. The minimum absolute atomic E-state index is 0. The summed E-state index contributed by atoms with van der Waals surface area (Å²) < 4.78 is 0. The van der Waals surface area contributed by atoms with Crippen LogP contribution in [0.3, 0.4) is 0 Å². The first kappa shape index (κ1) is 23.7. The summed E-state index contributed by atoms with van der Waals surface area (Å²) in [5, 5.41) is 6.71. The zero-order valence-electron chi connectivity index (χ0n) is 17.0. The van der Waals surface area contributed by atoms with Gasteiger partial charge in [0.05, 0.1) is 6.54 Å². The fourth-order valence-corrected chi connectivity index (χ4v) is 3.07. The van der Waals surface area contributed by atoms with Crippen molar-refractivity contribution in [3.05, 3.63) is 35.4 Å². The van der Waals surface area contributed by atoms with Gasteiger partial charge in [0.1, 0.15) is 0 Å². The highest BCUT2D eigenvalue weighted by Gasteiger charge is 2.19. The van der Waals surface area contributed by atoms with Gasteiger partial charge < -0.3 is 15.5 Å². The lowest BCUT2D eigenvalue weighted by Crippen LogP contribution is -2.37. The molecule has 2 N–H and O–H groups in total. The summed E-state index contributed by atoms with van der Waals surface area (Å²) in [6.07, 6.45) is 4.08. The predicted octanol–water partition coefficient (Wildman–Crippen LogP) is 3.92. The van der Waals surface area contributed by atoms with Crippen molar-refractivity contribution in [1.29, 1.82) is 0 Å². The Bertz CT molecular complexity index is 586. The molecule has 1 fully saturated rings. The molecule has 5 nitrogen and oxygen atoms in total.